The fourth-order valence-corrected chi connectivity index (χ4v) is 4.09. The first-order chi connectivity index (χ1) is 10.8. The molecule has 2 rings (SSSR count). The molecule has 0 aliphatic carbocycles. The van der Waals surface area contributed by atoms with Crippen molar-refractivity contribution in [1.82, 2.24) is 9.62 Å². The quantitative estimate of drug-likeness (QED) is 0.813. The van der Waals surface area contributed by atoms with E-state index in [9.17, 15) is 18.0 Å². The summed E-state index contributed by atoms with van der Waals surface area (Å²) in [5.41, 5.74) is 0. The molecule has 1 aliphatic rings. The molecule has 1 saturated heterocycles. The predicted octanol–water partition coefficient (Wildman–Crippen LogP) is 0.941. The molecule has 23 heavy (non-hydrogen) atoms. The number of carboxylic acids is 1. The number of hydrogen-bond donors (Lipinski definition) is 2. The summed E-state index contributed by atoms with van der Waals surface area (Å²) < 4.78 is 26.4. The smallest absolute Gasteiger partial charge is 0.322 e. The summed E-state index contributed by atoms with van der Waals surface area (Å²) in [4.78, 5) is 22.6. The van der Waals surface area contributed by atoms with Gasteiger partial charge in [0, 0.05) is 18.1 Å². The van der Waals surface area contributed by atoms with Gasteiger partial charge in [-0.15, -0.1) is 0 Å². The highest BCUT2D eigenvalue weighted by molar-refractivity contribution is 7.89. The molecule has 126 valence electrons. The third-order valence-corrected chi connectivity index (χ3v) is 5.75. The van der Waals surface area contributed by atoms with Gasteiger partial charge >= 0.3 is 5.97 Å². The van der Waals surface area contributed by atoms with Crippen LogP contribution in [0.1, 0.15) is 12.8 Å². The zero-order chi connectivity index (χ0) is 17.0. The van der Waals surface area contributed by atoms with Gasteiger partial charge in [-0.25, -0.2) is 8.42 Å². The van der Waals surface area contributed by atoms with Gasteiger partial charge in [0.25, 0.3) is 0 Å². The molecule has 0 bridgehead atoms. The number of aliphatic carboxylic acids is 1. The number of amides is 1. The number of carboxylic acid groups (broad SMARTS) is 1. The van der Waals surface area contributed by atoms with Gasteiger partial charge in [-0.05, 0) is 37.1 Å². The van der Waals surface area contributed by atoms with Crippen molar-refractivity contribution >= 4 is 33.5 Å². The van der Waals surface area contributed by atoms with Crippen LogP contribution in [-0.2, 0) is 19.6 Å². The van der Waals surface area contributed by atoms with E-state index in [1.165, 1.54) is 28.6 Å². The van der Waals surface area contributed by atoms with Crippen LogP contribution in [0, 0.1) is 5.92 Å². The van der Waals surface area contributed by atoms with Crippen LogP contribution >= 0.6 is 11.6 Å². The van der Waals surface area contributed by atoms with E-state index in [0.717, 1.165) is 0 Å². The average molecular weight is 361 g/mol. The zero-order valence-corrected chi connectivity index (χ0v) is 13.8. The van der Waals surface area contributed by atoms with E-state index in [1.807, 2.05) is 0 Å². The molecule has 1 aliphatic heterocycles. The Morgan fingerprint density at radius 3 is 2.57 bits per heavy atom. The number of nitrogens with zero attached hydrogens (tertiary/aromatic N) is 1. The number of nitrogens with one attached hydrogen (secondary N) is 1. The maximum absolute atomic E-state index is 12.6. The molecule has 1 aromatic rings. The first-order valence-corrected chi connectivity index (χ1v) is 8.87. The summed E-state index contributed by atoms with van der Waals surface area (Å²) in [6, 6.07) is 5.84. The Labute approximate surface area is 139 Å². The Kier molecular flexibility index (Phi) is 5.61. The van der Waals surface area contributed by atoms with Crippen molar-refractivity contribution < 1.29 is 23.1 Å². The van der Waals surface area contributed by atoms with E-state index in [2.05, 4.69) is 5.32 Å². The predicted molar refractivity (Wildman–Crippen MR) is 83.6 cm³/mol. The van der Waals surface area contributed by atoms with Gasteiger partial charge in [0.1, 0.15) is 6.54 Å². The summed E-state index contributed by atoms with van der Waals surface area (Å²) in [6.45, 7) is -0.108. The maximum atomic E-state index is 12.6. The van der Waals surface area contributed by atoms with Crippen molar-refractivity contribution in [1.29, 1.82) is 0 Å². The number of piperidine rings is 1. The fourth-order valence-electron chi connectivity index (χ4n) is 2.44. The van der Waals surface area contributed by atoms with E-state index in [0.29, 0.717) is 24.4 Å². The third-order valence-electron chi connectivity index (χ3n) is 3.62. The molecule has 1 fully saturated rings. The van der Waals surface area contributed by atoms with E-state index in [4.69, 9.17) is 16.7 Å². The van der Waals surface area contributed by atoms with Gasteiger partial charge in [-0.3, -0.25) is 9.59 Å². The average Bonchev–Trinajstić information content (AvgIpc) is 2.53. The number of rotatable bonds is 5. The standard InChI is InChI=1S/C14H17ClN2O5S/c15-11-3-5-12(6-4-11)23(21,22)17-7-1-2-10(9-17)14(20)16-8-13(18)19/h3-6,10H,1-2,7-9H2,(H,16,20)(H,18,19). The molecule has 0 radical (unpaired) electrons. The second-order valence-electron chi connectivity index (χ2n) is 5.27. The number of benzene rings is 1. The van der Waals surface area contributed by atoms with Gasteiger partial charge < -0.3 is 10.4 Å². The lowest BCUT2D eigenvalue weighted by Gasteiger charge is -2.31. The lowest BCUT2D eigenvalue weighted by Crippen LogP contribution is -2.46. The minimum absolute atomic E-state index is 0.0381. The van der Waals surface area contributed by atoms with Crippen molar-refractivity contribution in [3.8, 4) is 0 Å². The molecular formula is C14H17ClN2O5S. The Morgan fingerprint density at radius 2 is 1.96 bits per heavy atom. The van der Waals surface area contributed by atoms with Gasteiger partial charge in [0.15, 0.2) is 0 Å². The molecule has 1 amide bonds. The van der Waals surface area contributed by atoms with Crippen LogP contribution in [-0.4, -0.2) is 49.3 Å². The van der Waals surface area contributed by atoms with Gasteiger partial charge in [0.05, 0.1) is 10.8 Å². The van der Waals surface area contributed by atoms with E-state index < -0.39 is 34.4 Å². The Morgan fingerprint density at radius 1 is 1.30 bits per heavy atom. The Hall–Kier alpha value is -1.64. The number of hydrogen-bond acceptors (Lipinski definition) is 4. The molecule has 0 spiro atoms. The first-order valence-electron chi connectivity index (χ1n) is 7.06. The van der Waals surface area contributed by atoms with Crippen LogP contribution in [0.2, 0.25) is 5.02 Å². The minimum Gasteiger partial charge on any atom is -0.480 e. The van der Waals surface area contributed by atoms with Crippen LogP contribution in [0.3, 0.4) is 0 Å². The second kappa shape index (κ2) is 7.29. The molecule has 1 unspecified atom stereocenters. The molecule has 1 atom stereocenters. The molecule has 0 saturated carbocycles. The highest BCUT2D eigenvalue weighted by atomic mass is 35.5. The van der Waals surface area contributed by atoms with Crippen LogP contribution in [0.4, 0.5) is 0 Å². The van der Waals surface area contributed by atoms with E-state index in [-0.39, 0.29) is 11.4 Å². The van der Waals surface area contributed by atoms with E-state index >= 15 is 0 Å². The SMILES string of the molecule is O=C(O)CNC(=O)C1CCCN(S(=O)(=O)c2ccc(Cl)cc2)C1. The maximum Gasteiger partial charge on any atom is 0.322 e. The topological polar surface area (TPSA) is 104 Å². The fraction of sp³-hybridized carbons (Fsp3) is 0.429. The molecule has 0 aromatic heterocycles. The minimum atomic E-state index is -3.70. The third kappa shape index (κ3) is 4.43. The van der Waals surface area contributed by atoms with Gasteiger partial charge in [-0.2, -0.15) is 4.31 Å². The number of carbonyl (C=O) groups is 2. The molecule has 1 heterocycles. The summed E-state index contributed by atoms with van der Waals surface area (Å²) in [7, 11) is -3.70. The van der Waals surface area contributed by atoms with E-state index in [1.54, 1.807) is 0 Å². The van der Waals surface area contributed by atoms with Crippen LogP contribution < -0.4 is 5.32 Å². The molecule has 7 nitrogen and oxygen atoms in total. The Bertz CT molecular complexity index is 690. The largest absolute Gasteiger partial charge is 0.480 e. The second-order valence-corrected chi connectivity index (χ2v) is 7.64. The zero-order valence-electron chi connectivity index (χ0n) is 12.2. The summed E-state index contributed by atoms with van der Waals surface area (Å²) in [5, 5.41) is 11.3. The summed E-state index contributed by atoms with van der Waals surface area (Å²) in [6.07, 6.45) is 1.07. The highest BCUT2D eigenvalue weighted by Gasteiger charge is 2.33. The van der Waals surface area contributed by atoms with Crippen LogP contribution in [0.5, 0.6) is 0 Å². The highest BCUT2D eigenvalue weighted by Crippen LogP contribution is 2.24. The number of halogens is 1. The normalized spacial score (nSPS) is 19.3. The summed E-state index contributed by atoms with van der Waals surface area (Å²) in [5.74, 6) is -2.13. The lowest BCUT2D eigenvalue weighted by molar-refractivity contribution is -0.138. The summed E-state index contributed by atoms with van der Waals surface area (Å²) >= 11 is 5.76. The van der Waals surface area contributed by atoms with Crippen molar-refractivity contribution in [3.63, 3.8) is 0 Å². The van der Waals surface area contributed by atoms with Gasteiger partial charge in [-0.1, -0.05) is 11.6 Å². The van der Waals surface area contributed by atoms with Crippen LogP contribution in [0.25, 0.3) is 0 Å². The molecule has 9 heteroatoms. The van der Waals surface area contributed by atoms with Crippen molar-refractivity contribution in [2.75, 3.05) is 19.6 Å². The molecule has 1 aromatic carbocycles. The number of sulfonamides is 1. The van der Waals surface area contributed by atoms with Crippen molar-refractivity contribution in [2.45, 2.75) is 17.7 Å². The lowest BCUT2D eigenvalue weighted by atomic mass is 9.99. The molecular weight excluding hydrogens is 344 g/mol. The monoisotopic (exact) mass is 360 g/mol. The Balaban J connectivity index is 2.09. The number of carbonyl (C=O) groups excluding carboxylic acids is 1. The van der Waals surface area contributed by atoms with Gasteiger partial charge in [0.2, 0.25) is 15.9 Å². The molecule has 2 N–H and O–H groups in total. The van der Waals surface area contributed by atoms with Crippen molar-refractivity contribution in [2.24, 2.45) is 5.92 Å². The first kappa shape index (κ1) is 17.7. The van der Waals surface area contributed by atoms with Crippen LogP contribution in [0.15, 0.2) is 29.2 Å². The van der Waals surface area contributed by atoms with Crippen molar-refractivity contribution in [3.05, 3.63) is 29.3 Å².